The molecule has 0 fully saturated rings. The summed E-state index contributed by atoms with van der Waals surface area (Å²) in [5.74, 6) is -0.906. The molecule has 0 rings (SSSR count). The molecule has 0 N–H and O–H groups in total. The first-order chi connectivity index (χ1) is 7.99. The van der Waals surface area contributed by atoms with Crippen LogP contribution < -0.4 is 0 Å². The third kappa shape index (κ3) is 40.8. The first-order valence-electron chi connectivity index (χ1n) is 5.06. The average molecular weight is 242 g/mol. The van der Waals surface area contributed by atoms with Gasteiger partial charge in [0.15, 0.2) is 0 Å². The topological polar surface area (TPSA) is 52.6 Å². The van der Waals surface area contributed by atoms with E-state index in [1.165, 1.54) is 6.92 Å². The third-order valence-electron chi connectivity index (χ3n) is 0.800. The molecule has 0 radical (unpaired) electrons. The lowest BCUT2D eigenvalue weighted by Crippen LogP contribution is -2.10. The quantitative estimate of drug-likeness (QED) is 0.329. The van der Waals surface area contributed by atoms with E-state index in [1.807, 2.05) is 13.8 Å². The molecule has 4 heteroatoms. The van der Waals surface area contributed by atoms with Gasteiger partial charge in [0.05, 0.1) is 0 Å². The van der Waals surface area contributed by atoms with Gasteiger partial charge in [-0.1, -0.05) is 18.7 Å². The van der Waals surface area contributed by atoms with Gasteiger partial charge in [-0.3, -0.25) is 4.79 Å². The van der Waals surface area contributed by atoms with Crippen molar-refractivity contribution in [1.29, 1.82) is 0 Å². The molecule has 0 aliphatic carbocycles. The van der Waals surface area contributed by atoms with Crippen LogP contribution in [-0.4, -0.2) is 25.2 Å². The van der Waals surface area contributed by atoms with Crippen LogP contribution in [0.4, 0.5) is 0 Å². The number of allylic oxidation sites excluding steroid dienone is 2. The van der Waals surface area contributed by atoms with E-state index in [0.29, 0.717) is 0 Å². The van der Waals surface area contributed by atoms with E-state index in [2.05, 4.69) is 29.2 Å². The standard InChI is InChI=1S/C7H10O4.2C3H6/c1-3-7(9)11-5-4-10-6(2)8;2*1-3-2/h3H,1,4-5H2,2H3;2*3H,1H2,2H3. The summed E-state index contributed by atoms with van der Waals surface area (Å²) in [7, 11) is 0. The molecule has 98 valence electrons. The molecule has 0 amide bonds. The molecule has 0 atom stereocenters. The summed E-state index contributed by atoms with van der Waals surface area (Å²) in [5, 5.41) is 0. The molecule has 0 aliphatic heterocycles. The van der Waals surface area contributed by atoms with Crippen LogP contribution in [0.1, 0.15) is 20.8 Å². The van der Waals surface area contributed by atoms with Crippen molar-refractivity contribution in [2.75, 3.05) is 13.2 Å². The van der Waals surface area contributed by atoms with Crippen LogP contribution in [0.2, 0.25) is 0 Å². The van der Waals surface area contributed by atoms with Crippen molar-refractivity contribution in [3.8, 4) is 0 Å². The van der Waals surface area contributed by atoms with E-state index >= 15 is 0 Å². The zero-order valence-electron chi connectivity index (χ0n) is 10.9. The number of ether oxygens (including phenoxy) is 2. The zero-order chi connectivity index (χ0) is 14.1. The van der Waals surface area contributed by atoms with Crippen molar-refractivity contribution in [2.45, 2.75) is 20.8 Å². The molecule has 0 unspecified atom stereocenters. The number of hydrogen-bond acceptors (Lipinski definition) is 4. The molecule has 0 aromatic heterocycles. The Balaban J connectivity index is -0.000000273. The van der Waals surface area contributed by atoms with Crippen molar-refractivity contribution in [1.82, 2.24) is 0 Å². The Morgan fingerprint density at radius 3 is 1.65 bits per heavy atom. The van der Waals surface area contributed by atoms with Crippen LogP contribution in [0, 0.1) is 0 Å². The van der Waals surface area contributed by atoms with Gasteiger partial charge in [0, 0.05) is 13.0 Å². The van der Waals surface area contributed by atoms with E-state index in [4.69, 9.17) is 0 Å². The minimum atomic E-state index is -0.517. The zero-order valence-corrected chi connectivity index (χ0v) is 10.9. The first kappa shape index (κ1) is 20.6. The number of hydrogen-bond donors (Lipinski definition) is 0. The first-order valence-corrected chi connectivity index (χ1v) is 5.06. The Bertz CT molecular complexity index is 226. The van der Waals surface area contributed by atoms with Crippen LogP contribution >= 0.6 is 0 Å². The monoisotopic (exact) mass is 242 g/mol. The lowest BCUT2D eigenvalue weighted by atomic mass is 10.6. The molecule has 0 saturated heterocycles. The Hall–Kier alpha value is -1.84. The number of esters is 2. The Kier molecular flexibility index (Phi) is 23.8. The highest BCUT2D eigenvalue weighted by Gasteiger charge is 1.95. The second-order valence-electron chi connectivity index (χ2n) is 2.53. The summed E-state index contributed by atoms with van der Waals surface area (Å²) in [6.45, 7) is 15.1. The molecule has 0 bridgehead atoms. The van der Waals surface area contributed by atoms with Crippen molar-refractivity contribution in [2.24, 2.45) is 0 Å². The predicted molar refractivity (Wildman–Crippen MR) is 69.5 cm³/mol. The van der Waals surface area contributed by atoms with Gasteiger partial charge in [-0.15, -0.1) is 13.2 Å². The molecule has 0 aromatic rings. The summed E-state index contributed by atoms with van der Waals surface area (Å²) in [6, 6.07) is 0. The molecule has 17 heavy (non-hydrogen) atoms. The van der Waals surface area contributed by atoms with E-state index in [0.717, 1.165) is 6.08 Å². The highest BCUT2D eigenvalue weighted by molar-refractivity contribution is 5.81. The van der Waals surface area contributed by atoms with Gasteiger partial charge < -0.3 is 9.47 Å². The van der Waals surface area contributed by atoms with E-state index < -0.39 is 5.97 Å². The van der Waals surface area contributed by atoms with E-state index in [-0.39, 0.29) is 19.2 Å². The van der Waals surface area contributed by atoms with Gasteiger partial charge in [-0.25, -0.2) is 4.79 Å². The van der Waals surface area contributed by atoms with Crippen LogP contribution in [0.5, 0.6) is 0 Å². The summed E-state index contributed by atoms with van der Waals surface area (Å²) in [5.41, 5.74) is 0. The molecule has 4 nitrogen and oxygen atoms in total. The van der Waals surface area contributed by atoms with Gasteiger partial charge in [0.1, 0.15) is 13.2 Å². The fraction of sp³-hybridized carbons (Fsp3) is 0.385. The number of carbonyl (C=O) groups excluding carboxylic acids is 2. The highest BCUT2D eigenvalue weighted by Crippen LogP contribution is 1.81. The molecule has 0 aromatic carbocycles. The predicted octanol–water partition coefficient (Wildman–Crippen LogP) is 2.66. The fourth-order valence-electron chi connectivity index (χ4n) is 0.387. The average Bonchev–Trinajstić information content (AvgIpc) is 2.26. The van der Waals surface area contributed by atoms with Gasteiger partial charge in [0.2, 0.25) is 0 Å². The molecular formula is C13H22O4. The summed E-state index contributed by atoms with van der Waals surface area (Å²) in [4.78, 5) is 20.6. The second-order valence-corrected chi connectivity index (χ2v) is 2.53. The largest absolute Gasteiger partial charge is 0.462 e. The molecule has 0 heterocycles. The maximum absolute atomic E-state index is 10.4. The maximum Gasteiger partial charge on any atom is 0.330 e. The fourth-order valence-corrected chi connectivity index (χ4v) is 0.387. The summed E-state index contributed by atoms with van der Waals surface area (Å²) >= 11 is 0. The minimum Gasteiger partial charge on any atom is -0.462 e. The van der Waals surface area contributed by atoms with Crippen molar-refractivity contribution in [3.05, 3.63) is 38.0 Å². The van der Waals surface area contributed by atoms with Gasteiger partial charge >= 0.3 is 11.9 Å². The van der Waals surface area contributed by atoms with Gasteiger partial charge in [0.25, 0.3) is 0 Å². The van der Waals surface area contributed by atoms with Crippen LogP contribution in [0.15, 0.2) is 38.0 Å². The number of rotatable bonds is 4. The van der Waals surface area contributed by atoms with E-state index in [9.17, 15) is 9.59 Å². The van der Waals surface area contributed by atoms with Crippen molar-refractivity contribution in [3.63, 3.8) is 0 Å². The molecule has 0 aliphatic rings. The maximum atomic E-state index is 10.4. The number of carbonyl (C=O) groups is 2. The molecule has 0 saturated carbocycles. The Morgan fingerprint density at radius 1 is 1.00 bits per heavy atom. The lowest BCUT2D eigenvalue weighted by Gasteiger charge is -2.01. The third-order valence-corrected chi connectivity index (χ3v) is 0.800. The van der Waals surface area contributed by atoms with Crippen molar-refractivity contribution >= 4 is 11.9 Å². The molecular weight excluding hydrogens is 220 g/mol. The normalized spacial score (nSPS) is 7.00. The summed E-state index contributed by atoms with van der Waals surface area (Å²) in [6.07, 6.45) is 4.55. The second kappa shape index (κ2) is 19.7. The Morgan fingerprint density at radius 2 is 1.35 bits per heavy atom. The Labute approximate surface area is 104 Å². The van der Waals surface area contributed by atoms with Gasteiger partial charge in [-0.05, 0) is 13.8 Å². The van der Waals surface area contributed by atoms with E-state index in [1.54, 1.807) is 12.2 Å². The van der Waals surface area contributed by atoms with Crippen LogP contribution in [0.3, 0.4) is 0 Å². The van der Waals surface area contributed by atoms with Crippen molar-refractivity contribution < 1.29 is 19.1 Å². The van der Waals surface area contributed by atoms with Gasteiger partial charge in [-0.2, -0.15) is 0 Å². The smallest absolute Gasteiger partial charge is 0.330 e. The summed E-state index contributed by atoms with van der Waals surface area (Å²) < 4.78 is 8.99. The molecule has 0 spiro atoms. The minimum absolute atomic E-state index is 0.0738. The van der Waals surface area contributed by atoms with Crippen LogP contribution in [0.25, 0.3) is 0 Å². The SMILES string of the molecule is C=CC.C=CC.C=CC(=O)OCCOC(C)=O. The lowest BCUT2D eigenvalue weighted by molar-refractivity contribution is -0.147. The van der Waals surface area contributed by atoms with Crippen LogP contribution in [-0.2, 0) is 19.1 Å². The highest BCUT2D eigenvalue weighted by atomic mass is 16.6.